The van der Waals surface area contributed by atoms with Crippen LogP contribution in [0.4, 0.5) is 30.2 Å². The predicted molar refractivity (Wildman–Crippen MR) is 93.4 cm³/mol. The number of hydrogen-bond donors (Lipinski definition) is 2. The number of anilines is 3. The number of para-hydroxylation sites is 1. The largest absolute Gasteiger partial charge is 0.416 e. The van der Waals surface area contributed by atoms with Gasteiger partial charge in [-0.25, -0.2) is 4.98 Å². The van der Waals surface area contributed by atoms with Crippen LogP contribution in [0.25, 0.3) is 0 Å². The van der Waals surface area contributed by atoms with Crippen LogP contribution in [0.3, 0.4) is 0 Å². The van der Waals surface area contributed by atoms with E-state index in [0.29, 0.717) is 17.1 Å². The van der Waals surface area contributed by atoms with Gasteiger partial charge in [-0.2, -0.15) is 13.2 Å². The van der Waals surface area contributed by atoms with Gasteiger partial charge in [0.25, 0.3) is 5.91 Å². The van der Waals surface area contributed by atoms with Gasteiger partial charge in [0, 0.05) is 11.4 Å². The van der Waals surface area contributed by atoms with Gasteiger partial charge in [0.15, 0.2) is 0 Å². The lowest BCUT2D eigenvalue weighted by atomic mass is 10.2. The topological polar surface area (TPSA) is 54.0 Å². The number of carbonyl (C=O) groups excluding carboxylic acids is 1. The summed E-state index contributed by atoms with van der Waals surface area (Å²) >= 11 is 0. The van der Waals surface area contributed by atoms with Crippen molar-refractivity contribution in [3.8, 4) is 0 Å². The maximum Gasteiger partial charge on any atom is 0.416 e. The molecule has 132 valence electrons. The Balaban J connectivity index is 1.65. The highest BCUT2D eigenvalue weighted by Crippen LogP contribution is 2.30. The van der Waals surface area contributed by atoms with Crippen molar-refractivity contribution < 1.29 is 18.0 Å². The van der Waals surface area contributed by atoms with Gasteiger partial charge in [0.05, 0.1) is 17.4 Å². The summed E-state index contributed by atoms with van der Waals surface area (Å²) in [7, 11) is 0. The molecule has 0 atom stereocenters. The predicted octanol–water partition coefficient (Wildman–Crippen LogP) is 5.10. The molecule has 3 rings (SSSR count). The zero-order valence-corrected chi connectivity index (χ0v) is 13.4. The molecule has 1 aromatic heterocycles. The lowest BCUT2D eigenvalue weighted by Gasteiger charge is -2.10. The molecule has 26 heavy (non-hydrogen) atoms. The minimum Gasteiger partial charge on any atom is -0.354 e. The Labute approximate surface area is 147 Å². The number of halogens is 3. The van der Waals surface area contributed by atoms with Gasteiger partial charge in [0.1, 0.15) is 5.69 Å². The molecule has 1 amide bonds. The SMILES string of the molecule is O=C(Nc1ccccc1)c1ccc(Nc2ccc(C(F)(F)F)cc2)cn1. The molecule has 0 aliphatic heterocycles. The normalized spacial score (nSPS) is 11.0. The lowest BCUT2D eigenvalue weighted by Crippen LogP contribution is -2.13. The van der Waals surface area contributed by atoms with Crippen molar-refractivity contribution in [1.82, 2.24) is 4.98 Å². The number of nitrogens with one attached hydrogen (secondary N) is 2. The van der Waals surface area contributed by atoms with E-state index in [1.54, 1.807) is 30.3 Å². The fourth-order valence-corrected chi connectivity index (χ4v) is 2.23. The number of aromatic nitrogens is 1. The molecule has 7 heteroatoms. The Hall–Kier alpha value is -3.35. The molecule has 2 aromatic carbocycles. The van der Waals surface area contributed by atoms with Crippen molar-refractivity contribution >= 4 is 23.0 Å². The van der Waals surface area contributed by atoms with Crippen LogP contribution in [0, 0.1) is 0 Å². The third-order valence-electron chi connectivity index (χ3n) is 3.53. The average molecular weight is 357 g/mol. The van der Waals surface area contributed by atoms with Crippen LogP contribution in [0.2, 0.25) is 0 Å². The van der Waals surface area contributed by atoms with Gasteiger partial charge < -0.3 is 10.6 Å². The van der Waals surface area contributed by atoms with Crippen molar-refractivity contribution in [2.75, 3.05) is 10.6 Å². The van der Waals surface area contributed by atoms with Crippen LogP contribution in [0.15, 0.2) is 72.9 Å². The summed E-state index contributed by atoms with van der Waals surface area (Å²) in [6.45, 7) is 0. The standard InChI is InChI=1S/C19H14F3N3O/c20-19(21,22)13-6-8-15(9-7-13)24-16-10-11-17(23-12-16)18(26)25-14-4-2-1-3-5-14/h1-12,24H,(H,25,26). The van der Waals surface area contributed by atoms with E-state index in [4.69, 9.17) is 0 Å². The first-order chi connectivity index (χ1) is 12.4. The Morgan fingerprint density at radius 3 is 2.04 bits per heavy atom. The number of benzene rings is 2. The smallest absolute Gasteiger partial charge is 0.354 e. The second kappa shape index (κ2) is 7.26. The average Bonchev–Trinajstić information content (AvgIpc) is 2.63. The number of nitrogens with zero attached hydrogens (tertiary/aromatic N) is 1. The van der Waals surface area contributed by atoms with Gasteiger partial charge in [-0.3, -0.25) is 4.79 Å². The molecule has 0 fully saturated rings. The quantitative estimate of drug-likeness (QED) is 0.683. The number of pyridine rings is 1. The molecule has 0 aliphatic carbocycles. The Kier molecular flexibility index (Phi) is 4.88. The van der Waals surface area contributed by atoms with Crippen LogP contribution in [0.1, 0.15) is 16.1 Å². The van der Waals surface area contributed by atoms with Gasteiger partial charge >= 0.3 is 6.18 Å². The molecule has 0 aliphatic rings. The molecule has 0 spiro atoms. The Morgan fingerprint density at radius 2 is 1.46 bits per heavy atom. The summed E-state index contributed by atoms with van der Waals surface area (Å²) in [6.07, 6.45) is -2.93. The summed E-state index contributed by atoms with van der Waals surface area (Å²) in [5, 5.41) is 5.66. The molecule has 2 N–H and O–H groups in total. The van der Waals surface area contributed by atoms with E-state index in [1.807, 2.05) is 6.07 Å². The van der Waals surface area contributed by atoms with E-state index in [-0.39, 0.29) is 11.6 Å². The summed E-state index contributed by atoms with van der Waals surface area (Å²) < 4.78 is 37.7. The highest BCUT2D eigenvalue weighted by Gasteiger charge is 2.29. The van der Waals surface area contributed by atoms with Gasteiger partial charge in [-0.05, 0) is 48.5 Å². The van der Waals surface area contributed by atoms with Crippen molar-refractivity contribution in [1.29, 1.82) is 0 Å². The highest BCUT2D eigenvalue weighted by atomic mass is 19.4. The van der Waals surface area contributed by atoms with Crippen LogP contribution < -0.4 is 10.6 Å². The second-order valence-electron chi connectivity index (χ2n) is 5.45. The van der Waals surface area contributed by atoms with E-state index in [0.717, 1.165) is 12.1 Å². The number of hydrogen-bond acceptors (Lipinski definition) is 3. The highest BCUT2D eigenvalue weighted by molar-refractivity contribution is 6.02. The van der Waals surface area contributed by atoms with Crippen molar-refractivity contribution in [3.05, 3.63) is 84.2 Å². The minimum absolute atomic E-state index is 0.229. The van der Waals surface area contributed by atoms with E-state index in [1.165, 1.54) is 24.4 Å². The number of rotatable bonds is 4. The fraction of sp³-hybridized carbons (Fsp3) is 0.0526. The number of amides is 1. The lowest BCUT2D eigenvalue weighted by molar-refractivity contribution is -0.137. The monoisotopic (exact) mass is 357 g/mol. The van der Waals surface area contributed by atoms with Gasteiger partial charge in [-0.1, -0.05) is 18.2 Å². The molecule has 0 saturated carbocycles. The molecule has 0 radical (unpaired) electrons. The van der Waals surface area contributed by atoms with E-state index >= 15 is 0 Å². The molecule has 1 heterocycles. The van der Waals surface area contributed by atoms with Crippen LogP contribution >= 0.6 is 0 Å². The zero-order valence-electron chi connectivity index (χ0n) is 13.4. The second-order valence-corrected chi connectivity index (χ2v) is 5.45. The summed E-state index contributed by atoms with van der Waals surface area (Å²) in [6, 6.07) is 16.8. The van der Waals surface area contributed by atoms with Crippen LogP contribution in [-0.2, 0) is 6.18 Å². The minimum atomic E-state index is -4.37. The first-order valence-corrected chi connectivity index (χ1v) is 7.68. The zero-order chi connectivity index (χ0) is 18.6. The molecule has 4 nitrogen and oxygen atoms in total. The molecule has 0 unspecified atom stereocenters. The third kappa shape index (κ3) is 4.38. The summed E-state index contributed by atoms with van der Waals surface area (Å²) in [5.41, 5.74) is 1.22. The molecule has 0 bridgehead atoms. The van der Waals surface area contributed by atoms with Crippen LogP contribution in [-0.4, -0.2) is 10.9 Å². The molecular formula is C19H14F3N3O. The summed E-state index contributed by atoms with van der Waals surface area (Å²) in [4.78, 5) is 16.2. The van der Waals surface area contributed by atoms with Gasteiger partial charge in [-0.15, -0.1) is 0 Å². The molecule has 0 saturated heterocycles. The Bertz CT molecular complexity index is 877. The number of carbonyl (C=O) groups is 1. The molecule has 3 aromatic rings. The summed E-state index contributed by atoms with van der Waals surface area (Å²) in [5.74, 6) is -0.350. The first-order valence-electron chi connectivity index (χ1n) is 7.68. The van der Waals surface area contributed by atoms with E-state index in [2.05, 4.69) is 15.6 Å². The van der Waals surface area contributed by atoms with Crippen molar-refractivity contribution in [3.63, 3.8) is 0 Å². The Morgan fingerprint density at radius 1 is 0.808 bits per heavy atom. The fourth-order valence-electron chi connectivity index (χ4n) is 2.23. The number of alkyl halides is 3. The molecular weight excluding hydrogens is 343 g/mol. The first kappa shape index (κ1) is 17.5. The maximum absolute atomic E-state index is 12.6. The van der Waals surface area contributed by atoms with Crippen molar-refractivity contribution in [2.45, 2.75) is 6.18 Å². The van der Waals surface area contributed by atoms with E-state index in [9.17, 15) is 18.0 Å². The van der Waals surface area contributed by atoms with Crippen molar-refractivity contribution in [2.24, 2.45) is 0 Å². The maximum atomic E-state index is 12.6. The van der Waals surface area contributed by atoms with E-state index < -0.39 is 11.7 Å². The third-order valence-corrected chi connectivity index (χ3v) is 3.53. The van der Waals surface area contributed by atoms with Gasteiger partial charge in [0.2, 0.25) is 0 Å². The van der Waals surface area contributed by atoms with Crippen LogP contribution in [0.5, 0.6) is 0 Å².